The fourth-order valence-corrected chi connectivity index (χ4v) is 1.94. The Hall–Kier alpha value is -1.28. The van der Waals surface area contributed by atoms with Crippen LogP contribution in [0, 0.1) is 11.3 Å². The maximum atomic E-state index is 11.9. The first-order valence-corrected chi connectivity index (χ1v) is 5.89. The van der Waals surface area contributed by atoms with Crippen molar-refractivity contribution in [1.82, 2.24) is 4.90 Å². The van der Waals surface area contributed by atoms with Gasteiger partial charge in [-0.05, 0) is 33.6 Å². The molecule has 1 saturated heterocycles. The van der Waals surface area contributed by atoms with Crippen molar-refractivity contribution in [2.75, 3.05) is 13.1 Å². The number of ether oxygens (including phenoxy) is 1. The molecule has 1 amide bonds. The van der Waals surface area contributed by atoms with Gasteiger partial charge in [-0.3, -0.25) is 0 Å². The van der Waals surface area contributed by atoms with E-state index in [2.05, 4.69) is 6.07 Å². The second-order valence-electron chi connectivity index (χ2n) is 5.70. The Labute approximate surface area is 103 Å². The van der Waals surface area contributed by atoms with Crippen LogP contribution in [0.15, 0.2) is 0 Å². The molecule has 0 aliphatic carbocycles. The van der Waals surface area contributed by atoms with Gasteiger partial charge in [-0.2, -0.15) is 5.26 Å². The summed E-state index contributed by atoms with van der Waals surface area (Å²) in [6.07, 6.45) is 1.52. The minimum absolute atomic E-state index is 0.270. The maximum absolute atomic E-state index is 11.9. The number of hydrogen-bond acceptors (Lipinski definition) is 4. The van der Waals surface area contributed by atoms with Crippen molar-refractivity contribution < 1.29 is 9.53 Å². The molecular formula is C12H21N3O2. The van der Waals surface area contributed by atoms with E-state index in [1.165, 1.54) is 0 Å². The molecule has 5 nitrogen and oxygen atoms in total. The Morgan fingerprint density at radius 2 is 2.24 bits per heavy atom. The van der Waals surface area contributed by atoms with Crippen LogP contribution >= 0.6 is 0 Å². The third-order valence-electron chi connectivity index (χ3n) is 2.69. The summed E-state index contributed by atoms with van der Waals surface area (Å²) in [5, 5.41) is 8.73. The fraction of sp³-hybridized carbons (Fsp3) is 0.833. The van der Waals surface area contributed by atoms with Crippen LogP contribution in [0.5, 0.6) is 0 Å². The van der Waals surface area contributed by atoms with Gasteiger partial charge in [0, 0.05) is 18.6 Å². The molecule has 1 aliphatic heterocycles. The lowest BCUT2D eigenvalue weighted by Gasteiger charge is -2.39. The topological polar surface area (TPSA) is 79.3 Å². The van der Waals surface area contributed by atoms with Crippen molar-refractivity contribution in [2.24, 2.45) is 5.73 Å². The van der Waals surface area contributed by atoms with Crippen LogP contribution in [0.3, 0.4) is 0 Å². The summed E-state index contributed by atoms with van der Waals surface area (Å²) in [5.74, 6) is 0. The monoisotopic (exact) mass is 239 g/mol. The van der Waals surface area contributed by atoms with E-state index in [0.717, 1.165) is 12.8 Å². The quantitative estimate of drug-likeness (QED) is 0.754. The van der Waals surface area contributed by atoms with Gasteiger partial charge >= 0.3 is 6.09 Å². The molecule has 1 atom stereocenters. The molecule has 5 heteroatoms. The maximum Gasteiger partial charge on any atom is 0.410 e. The van der Waals surface area contributed by atoms with Gasteiger partial charge in [-0.15, -0.1) is 0 Å². The average molecular weight is 239 g/mol. The summed E-state index contributed by atoms with van der Waals surface area (Å²) in [7, 11) is 0. The molecule has 0 aromatic rings. The first kappa shape index (κ1) is 13.8. The van der Waals surface area contributed by atoms with E-state index in [4.69, 9.17) is 15.7 Å². The highest BCUT2D eigenvalue weighted by Gasteiger charge is 2.35. The largest absolute Gasteiger partial charge is 0.444 e. The number of nitrogens with zero attached hydrogens (tertiary/aromatic N) is 2. The molecule has 0 aromatic heterocycles. The molecule has 0 spiro atoms. The fourth-order valence-electron chi connectivity index (χ4n) is 1.94. The minimum atomic E-state index is -0.579. The Balaban J connectivity index is 2.61. The van der Waals surface area contributed by atoms with Crippen LogP contribution < -0.4 is 5.73 Å². The summed E-state index contributed by atoms with van der Waals surface area (Å²) in [5.41, 5.74) is 5.01. The molecule has 1 aliphatic rings. The minimum Gasteiger partial charge on any atom is -0.444 e. The SMILES string of the molecule is CC(C)(C)OC(=O)N1CCCC(N)(CC#N)C1. The highest BCUT2D eigenvalue weighted by Crippen LogP contribution is 2.23. The van der Waals surface area contributed by atoms with E-state index >= 15 is 0 Å². The van der Waals surface area contributed by atoms with Crippen molar-refractivity contribution in [3.8, 4) is 6.07 Å². The molecular weight excluding hydrogens is 218 g/mol. The van der Waals surface area contributed by atoms with E-state index in [9.17, 15) is 4.79 Å². The molecule has 0 bridgehead atoms. The number of carbonyl (C=O) groups is 1. The lowest BCUT2D eigenvalue weighted by atomic mass is 9.88. The molecule has 2 N–H and O–H groups in total. The Morgan fingerprint density at radius 1 is 1.59 bits per heavy atom. The predicted molar refractivity (Wildman–Crippen MR) is 64.2 cm³/mol. The van der Waals surface area contributed by atoms with Gasteiger partial charge in [-0.25, -0.2) is 4.79 Å². The normalized spacial score (nSPS) is 25.2. The van der Waals surface area contributed by atoms with Crippen molar-refractivity contribution in [3.63, 3.8) is 0 Å². The summed E-state index contributed by atoms with van der Waals surface area (Å²) in [6.45, 7) is 6.55. The number of rotatable bonds is 1. The molecule has 1 fully saturated rings. The van der Waals surface area contributed by atoms with Crippen LogP contribution in [0.1, 0.15) is 40.0 Å². The van der Waals surface area contributed by atoms with E-state index in [-0.39, 0.29) is 12.5 Å². The highest BCUT2D eigenvalue weighted by molar-refractivity contribution is 5.68. The third-order valence-corrected chi connectivity index (χ3v) is 2.69. The number of piperidine rings is 1. The zero-order valence-corrected chi connectivity index (χ0v) is 10.8. The van der Waals surface area contributed by atoms with Crippen LogP contribution in [0.4, 0.5) is 4.79 Å². The van der Waals surface area contributed by atoms with Crippen molar-refractivity contribution in [3.05, 3.63) is 0 Å². The Morgan fingerprint density at radius 3 is 2.76 bits per heavy atom. The van der Waals surface area contributed by atoms with Gasteiger partial charge in [0.1, 0.15) is 5.60 Å². The Bertz CT molecular complexity index is 330. The number of hydrogen-bond donors (Lipinski definition) is 1. The van der Waals surface area contributed by atoms with Crippen molar-refractivity contribution in [2.45, 2.75) is 51.2 Å². The van der Waals surface area contributed by atoms with E-state index < -0.39 is 11.1 Å². The van der Waals surface area contributed by atoms with Crippen molar-refractivity contribution in [1.29, 1.82) is 5.26 Å². The van der Waals surface area contributed by atoms with Crippen molar-refractivity contribution >= 4 is 6.09 Å². The molecule has 0 aromatic carbocycles. The molecule has 1 heterocycles. The van der Waals surface area contributed by atoms with Gasteiger partial charge in [0.25, 0.3) is 0 Å². The first-order valence-electron chi connectivity index (χ1n) is 5.89. The van der Waals surface area contributed by atoms with Crippen LogP contribution in [-0.2, 0) is 4.74 Å². The van der Waals surface area contributed by atoms with E-state index in [1.807, 2.05) is 20.8 Å². The number of likely N-dealkylation sites (tertiary alicyclic amines) is 1. The summed E-state index contributed by atoms with van der Waals surface area (Å²) in [6, 6.07) is 2.08. The van der Waals surface area contributed by atoms with E-state index in [0.29, 0.717) is 13.1 Å². The standard InChI is InChI=1S/C12H21N3O2/c1-11(2,3)17-10(16)15-8-4-5-12(14,9-15)6-7-13/h4-6,8-9,14H2,1-3H3. The predicted octanol–water partition coefficient (Wildman–Crippen LogP) is 1.63. The molecule has 1 unspecified atom stereocenters. The average Bonchev–Trinajstić information content (AvgIpc) is 2.14. The summed E-state index contributed by atoms with van der Waals surface area (Å²) < 4.78 is 5.30. The smallest absolute Gasteiger partial charge is 0.410 e. The van der Waals surface area contributed by atoms with Crippen LogP contribution in [0.2, 0.25) is 0 Å². The lowest BCUT2D eigenvalue weighted by molar-refractivity contribution is 0.0143. The third kappa shape index (κ3) is 4.23. The van der Waals surface area contributed by atoms with Crippen LogP contribution in [0.25, 0.3) is 0 Å². The molecule has 0 radical (unpaired) electrons. The van der Waals surface area contributed by atoms with Gasteiger partial charge in [0.15, 0.2) is 0 Å². The number of nitrogens with two attached hydrogens (primary N) is 1. The zero-order valence-electron chi connectivity index (χ0n) is 10.8. The number of amides is 1. The number of nitriles is 1. The van der Waals surface area contributed by atoms with Gasteiger partial charge < -0.3 is 15.4 Å². The molecule has 17 heavy (non-hydrogen) atoms. The zero-order chi connectivity index (χ0) is 13.1. The molecule has 96 valence electrons. The van der Waals surface area contributed by atoms with E-state index in [1.54, 1.807) is 4.90 Å². The van der Waals surface area contributed by atoms with Gasteiger partial charge in [0.05, 0.1) is 12.5 Å². The Kier molecular flexibility index (Phi) is 3.99. The first-order chi connectivity index (χ1) is 7.76. The van der Waals surface area contributed by atoms with Gasteiger partial charge in [0.2, 0.25) is 0 Å². The second-order valence-corrected chi connectivity index (χ2v) is 5.70. The molecule has 0 saturated carbocycles. The highest BCUT2D eigenvalue weighted by atomic mass is 16.6. The number of carbonyl (C=O) groups excluding carboxylic acids is 1. The summed E-state index contributed by atoms with van der Waals surface area (Å²) in [4.78, 5) is 13.5. The summed E-state index contributed by atoms with van der Waals surface area (Å²) >= 11 is 0. The molecule has 1 rings (SSSR count). The second kappa shape index (κ2) is 4.92. The lowest BCUT2D eigenvalue weighted by Crippen LogP contribution is -2.56. The van der Waals surface area contributed by atoms with Crippen LogP contribution in [-0.4, -0.2) is 35.2 Å². The van der Waals surface area contributed by atoms with Gasteiger partial charge in [-0.1, -0.05) is 0 Å².